The summed E-state index contributed by atoms with van der Waals surface area (Å²) in [6.07, 6.45) is 3.96. The van der Waals surface area contributed by atoms with Crippen molar-refractivity contribution in [3.05, 3.63) is 24.2 Å². The molecule has 1 saturated heterocycles. The summed E-state index contributed by atoms with van der Waals surface area (Å²) < 4.78 is 5.22. The molecule has 3 amide bonds. The van der Waals surface area contributed by atoms with Gasteiger partial charge in [0.1, 0.15) is 5.76 Å². The number of carbonyl (C=O) groups excluding carboxylic acids is 2. The normalized spacial score (nSPS) is 20.9. The van der Waals surface area contributed by atoms with Gasteiger partial charge in [-0.15, -0.1) is 0 Å². The first-order valence-electron chi connectivity index (χ1n) is 8.84. The molecule has 0 aromatic carbocycles. The third-order valence-corrected chi connectivity index (χ3v) is 4.60. The van der Waals surface area contributed by atoms with Gasteiger partial charge < -0.3 is 20.0 Å². The van der Waals surface area contributed by atoms with E-state index in [1.807, 2.05) is 30.9 Å². The first kappa shape index (κ1) is 18.4. The van der Waals surface area contributed by atoms with Crippen LogP contribution in [-0.4, -0.2) is 36.0 Å². The lowest BCUT2D eigenvalue weighted by atomic mass is 9.81. The molecule has 1 aliphatic rings. The average Bonchev–Trinajstić information content (AvgIpc) is 3.06. The Hall–Kier alpha value is -1.98. The van der Waals surface area contributed by atoms with Crippen molar-refractivity contribution in [1.82, 2.24) is 15.5 Å². The zero-order chi connectivity index (χ0) is 17.5. The van der Waals surface area contributed by atoms with Crippen molar-refractivity contribution in [2.24, 2.45) is 11.8 Å². The lowest BCUT2D eigenvalue weighted by Gasteiger charge is -2.38. The first-order chi connectivity index (χ1) is 11.5. The van der Waals surface area contributed by atoms with Gasteiger partial charge >= 0.3 is 6.03 Å². The molecule has 2 rings (SSSR count). The number of piperidine rings is 1. The molecule has 2 N–H and O–H groups in total. The second kappa shape index (κ2) is 8.76. The van der Waals surface area contributed by atoms with Crippen molar-refractivity contribution in [3.63, 3.8) is 0 Å². The number of likely N-dealkylation sites (tertiary alicyclic amines) is 1. The predicted molar refractivity (Wildman–Crippen MR) is 92.3 cm³/mol. The largest absolute Gasteiger partial charge is 0.467 e. The van der Waals surface area contributed by atoms with Crippen molar-refractivity contribution in [2.45, 2.75) is 52.6 Å². The van der Waals surface area contributed by atoms with Crippen molar-refractivity contribution in [2.75, 3.05) is 13.1 Å². The SMILES string of the molecule is CC[C@H]1CN(C(=O)NC(C)C)CC[C@H]1CC(=O)NCc1ccco1. The second-order valence-electron chi connectivity index (χ2n) is 6.83. The fourth-order valence-corrected chi connectivity index (χ4v) is 3.24. The summed E-state index contributed by atoms with van der Waals surface area (Å²) in [7, 11) is 0. The molecule has 2 heterocycles. The van der Waals surface area contributed by atoms with Crippen LogP contribution in [0.1, 0.15) is 45.8 Å². The Morgan fingerprint density at radius 2 is 2.17 bits per heavy atom. The minimum atomic E-state index is 0.00386. The van der Waals surface area contributed by atoms with Gasteiger partial charge in [0.15, 0.2) is 0 Å². The van der Waals surface area contributed by atoms with Crippen molar-refractivity contribution < 1.29 is 14.0 Å². The van der Waals surface area contributed by atoms with E-state index >= 15 is 0 Å². The van der Waals surface area contributed by atoms with Crippen LogP contribution in [-0.2, 0) is 11.3 Å². The van der Waals surface area contributed by atoms with Crippen LogP contribution in [0.5, 0.6) is 0 Å². The Kier molecular flexibility index (Phi) is 6.70. The number of nitrogens with zero attached hydrogens (tertiary/aromatic N) is 1. The van der Waals surface area contributed by atoms with Gasteiger partial charge in [0.25, 0.3) is 0 Å². The standard InChI is InChI=1S/C18H29N3O3/c1-4-14-12-21(18(23)20-13(2)3)8-7-15(14)10-17(22)19-11-16-6-5-9-24-16/h5-6,9,13-15H,4,7-8,10-12H2,1-3H3,(H,19,22)(H,20,23)/t14-,15-/m0/s1. The maximum Gasteiger partial charge on any atom is 0.317 e. The molecule has 1 fully saturated rings. The second-order valence-corrected chi connectivity index (χ2v) is 6.83. The third kappa shape index (κ3) is 5.28. The van der Waals surface area contributed by atoms with Gasteiger partial charge in [-0.3, -0.25) is 4.79 Å². The molecule has 134 valence electrons. The van der Waals surface area contributed by atoms with E-state index in [0.29, 0.717) is 31.3 Å². The molecule has 0 radical (unpaired) electrons. The van der Waals surface area contributed by atoms with Gasteiger partial charge in [0.2, 0.25) is 5.91 Å². The maximum absolute atomic E-state index is 12.2. The Morgan fingerprint density at radius 3 is 2.79 bits per heavy atom. The molecule has 0 spiro atoms. The third-order valence-electron chi connectivity index (χ3n) is 4.60. The molecule has 0 aliphatic carbocycles. The summed E-state index contributed by atoms with van der Waals surface area (Å²) in [5.41, 5.74) is 0. The molecule has 2 atom stereocenters. The van der Waals surface area contributed by atoms with Crippen molar-refractivity contribution in [1.29, 1.82) is 0 Å². The average molecular weight is 335 g/mol. The number of hydrogen-bond acceptors (Lipinski definition) is 3. The van der Waals surface area contributed by atoms with Crippen LogP contribution in [0.4, 0.5) is 4.79 Å². The van der Waals surface area contributed by atoms with E-state index < -0.39 is 0 Å². The Morgan fingerprint density at radius 1 is 1.38 bits per heavy atom. The highest BCUT2D eigenvalue weighted by Gasteiger charge is 2.31. The van der Waals surface area contributed by atoms with E-state index in [1.165, 1.54) is 0 Å². The van der Waals surface area contributed by atoms with Gasteiger partial charge in [0, 0.05) is 25.6 Å². The minimum absolute atomic E-state index is 0.00386. The fourth-order valence-electron chi connectivity index (χ4n) is 3.24. The molecule has 0 unspecified atom stereocenters. The quantitative estimate of drug-likeness (QED) is 0.839. The van der Waals surface area contributed by atoms with E-state index in [1.54, 1.807) is 6.26 Å². The highest BCUT2D eigenvalue weighted by Crippen LogP contribution is 2.29. The van der Waals surface area contributed by atoms with E-state index in [9.17, 15) is 9.59 Å². The van der Waals surface area contributed by atoms with Gasteiger partial charge in [0.05, 0.1) is 12.8 Å². The van der Waals surface area contributed by atoms with E-state index in [4.69, 9.17) is 4.42 Å². The topological polar surface area (TPSA) is 74.6 Å². The summed E-state index contributed by atoms with van der Waals surface area (Å²) in [5, 5.41) is 5.86. The smallest absolute Gasteiger partial charge is 0.317 e. The molecule has 1 aliphatic heterocycles. The monoisotopic (exact) mass is 335 g/mol. The van der Waals surface area contributed by atoms with Gasteiger partial charge in [-0.2, -0.15) is 0 Å². The molecule has 1 aromatic heterocycles. The highest BCUT2D eigenvalue weighted by atomic mass is 16.3. The Bertz CT molecular complexity index is 528. The van der Waals surface area contributed by atoms with Crippen molar-refractivity contribution in [3.8, 4) is 0 Å². The van der Waals surface area contributed by atoms with Crippen LogP contribution < -0.4 is 10.6 Å². The van der Waals surface area contributed by atoms with E-state index in [-0.39, 0.29) is 18.0 Å². The predicted octanol–water partition coefficient (Wildman–Crippen LogP) is 2.75. The van der Waals surface area contributed by atoms with E-state index in [2.05, 4.69) is 17.6 Å². The lowest BCUT2D eigenvalue weighted by molar-refractivity contribution is -0.123. The fraction of sp³-hybridized carbons (Fsp3) is 0.667. The number of urea groups is 1. The van der Waals surface area contributed by atoms with Crippen LogP contribution in [0, 0.1) is 11.8 Å². The molecular formula is C18H29N3O3. The summed E-state index contributed by atoms with van der Waals surface area (Å²) in [6, 6.07) is 3.81. The Balaban J connectivity index is 1.81. The molecule has 24 heavy (non-hydrogen) atoms. The molecular weight excluding hydrogens is 306 g/mol. The number of amides is 3. The Labute approximate surface area is 144 Å². The van der Waals surface area contributed by atoms with Crippen LogP contribution in [0.2, 0.25) is 0 Å². The summed E-state index contributed by atoms with van der Waals surface area (Å²) in [6.45, 7) is 7.92. The zero-order valence-corrected chi connectivity index (χ0v) is 14.9. The molecule has 6 nitrogen and oxygen atoms in total. The molecule has 0 bridgehead atoms. The van der Waals surface area contributed by atoms with Crippen molar-refractivity contribution >= 4 is 11.9 Å². The number of furan rings is 1. The summed E-state index contributed by atoms with van der Waals surface area (Å²) >= 11 is 0. The minimum Gasteiger partial charge on any atom is -0.467 e. The summed E-state index contributed by atoms with van der Waals surface area (Å²) in [5.74, 6) is 1.51. The van der Waals surface area contributed by atoms with Crippen LogP contribution in [0.25, 0.3) is 0 Å². The van der Waals surface area contributed by atoms with Crippen LogP contribution in [0.15, 0.2) is 22.8 Å². The molecule has 6 heteroatoms. The number of rotatable bonds is 6. The number of nitrogens with one attached hydrogen (secondary N) is 2. The van der Waals surface area contributed by atoms with Gasteiger partial charge in [-0.25, -0.2) is 4.79 Å². The molecule has 0 saturated carbocycles. The van der Waals surface area contributed by atoms with Crippen LogP contribution in [0.3, 0.4) is 0 Å². The molecule has 1 aromatic rings. The van der Waals surface area contributed by atoms with E-state index in [0.717, 1.165) is 25.1 Å². The maximum atomic E-state index is 12.2. The number of hydrogen-bond donors (Lipinski definition) is 2. The van der Waals surface area contributed by atoms with Crippen LogP contribution >= 0.6 is 0 Å². The lowest BCUT2D eigenvalue weighted by Crippen LogP contribution is -2.50. The summed E-state index contributed by atoms with van der Waals surface area (Å²) in [4.78, 5) is 26.2. The van der Waals surface area contributed by atoms with Gasteiger partial charge in [-0.05, 0) is 44.2 Å². The highest BCUT2D eigenvalue weighted by molar-refractivity contribution is 5.76. The first-order valence-corrected chi connectivity index (χ1v) is 8.84. The number of carbonyl (C=O) groups is 2. The zero-order valence-electron chi connectivity index (χ0n) is 14.9. The van der Waals surface area contributed by atoms with Gasteiger partial charge in [-0.1, -0.05) is 13.3 Å².